The molecular weight excluding hydrogens is 441 g/mol. The zero-order valence-corrected chi connectivity index (χ0v) is 17.9. The van der Waals surface area contributed by atoms with Gasteiger partial charge in [0.15, 0.2) is 0 Å². The number of aromatic nitrogens is 1. The number of rotatable bonds is 7. The second-order valence-corrected chi connectivity index (χ2v) is 7.74. The lowest BCUT2D eigenvalue weighted by Crippen LogP contribution is -2.30. The molecule has 1 N–H and O–H groups in total. The molecule has 0 atom stereocenters. The number of hydrogen-bond acceptors (Lipinski definition) is 4. The number of pyridine rings is 1. The molecule has 0 bridgehead atoms. The Morgan fingerprint density at radius 1 is 0.903 bits per heavy atom. The normalized spacial score (nSPS) is 10.7. The van der Waals surface area contributed by atoms with Crippen LogP contribution in [0, 0.1) is 6.92 Å². The number of carbonyl (C=O) groups is 3. The first-order chi connectivity index (χ1) is 14.7. The highest BCUT2D eigenvalue weighted by Crippen LogP contribution is 2.21. The maximum absolute atomic E-state index is 13.0. The Kier molecular flexibility index (Phi) is 6.73. The van der Waals surface area contributed by atoms with Crippen molar-refractivity contribution >= 4 is 40.7 Å². The first-order valence-corrected chi connectivity index (χ1v) is 10.0. The van der Waals surface area contributed by atoms with E-state index in [0.29, 0.717) is 0 Å². The summed E-state index contributed by atoms with van der Waals surface area (Å²) < 4.78 is 1.09. The highest BCUT2D eigenvalue weighted by Gasteiger charge is 2.26. The predicted molar refractivity (Wildman–Crippen MR) is 118 cm³/mol. The monoisotopic (exact) mass is 457 g/mol. The van der Waals surface area contributed by atoms with E-state index in [9.17, 15) is 19.2 Å². The summed E-state index contributed by atoms with van der Waals surface area (Å²) in [7, 11) is 0. The highest BCUT2D eigenvalue weighted by molar-refractivity contribution is 6.51. The van der Waals surface area contributed by atoms with Gasteiger partial charge in [-0.2, -0.15) is 0 Å². The van der Waals surface area contributed by atoms with Gasteiger partial charge in [0.25, 0.3) is 11.3 Å². The molecule has 0 aliphatic carbocycles. The second-order valence-electron chi connectivity index (χ2n) is 6.93. The van der Waals surface area contributed by atoms with Crippen LogP contribution in [0.4, 0.5) is 0 Å². The summed E-state index contributed by atoms with van der Waals surface area (Å²) >= 11 is 12.2. The fourth-order valence-electron chi connectivity index (χ4n) is 3.12. The van der Waals surface area contributed by atoms with E-state index in [2.05, 4.69) is 0 Å². The van der Waals surface area contributed by atoms with E-state index in [1.807, 2.05) is 0 Å². The molecule has 8 heteroatoms. The Balaban J connectivity index is 1.96. The summed E-state index contributed by atoms with van der Waals surface area (Å²) in [6.07, 6.45) is 0.287. The van der Waals surface area contributed by atoms with Gasteiger partial charge in [0.2, 0.25) is 5.78 Å². The van der Waals surface area contributed by atoms with Crippen molar-refractivity contribution in [3.8, 4) is 0 Å². The van der Waals surface area contributed by atoms with E-state index in [1.165, 1.54) is 18.2 Å². The number of carboxylic acids is 1. The van der Waals surface area contributed by atoms with Gasteiger partial charge in [-0.3, -0.25) is 14.4 Å². The van der Waals surface area contributed by atoms with Gasteiger partial charge >= 0.3 is 5.97 Å². The Morgan fingerprint density at radius 2 is 1.58 bits per heavy atom. The SMILES string of the molecule is Cc1cccc(C(=O)C(=O)c2c(Cl)cc(Cl)c(=O)n2CCc2ccc(C(=O)O)cc2)c1. The van der Waals surface area contributed by atoms with Crippen molar-refractivity contribution in [3.05, 3.63) is 103 Å². The molecule has 6 nitrogen and oxygen atoms in total. The summed E-state index contributed by atoms with van der Waals surface area (Å²) in [5.41, 5.74) is 0.989. The van der Waals surface area contributed by atoms with E-state index < -0.39 is 23.1 Å². The Hall–Kier alpha value is -3.22. The summed E-state index contributed by atoms with van der Waals surface area (Å²) in [6, 6.07) is 13.8. The second kappa shape index (κ2) is 9.29. The highest BCUT2D eigenvalue weighted by atomic mass is 35.5. The van der Waals surface area contributed by atoms with Crippen LogP contribution in [0.3, 0.4) is 0 Å². The molecule has 1 aromatic heterocycles. The summed E-state index contributed by atoms with van der Waals surface area (Å²) in [4.78, 5) is 49.4. The molecule has 0 radical (unpaired) electrons. The van der Waals surface area contributed by atoms with Crippen LogP contribution in [0.1, 0.15) is 42.3 Å². The maximum atomic E-state index is 13.0. The average molecular weight is 458 g/mol. The van der Waals surface area contributed by atoms with Gasteiger partial charge in [-0.1, -0.05) is 59.1 Å². The average Bonchev–Trinajstić information content (AvgIpc) is 2.74. The lowest BCUT2D eigenvalue weighted by Gasteiger charge is -2.14. The lowest BCUT2D eigenvalue weighted by atomic mass is 10.0. The smallest absolute Gasteiger partial charge is 0.335 e. The van der Waals surface area contributed by atoms with Crippen molar-refractivity contribution < 1.29 is 19.5 Å². The van der Waals surface area contributed by atoms with Gasteiger partial charge in [0, 0.05) is 12.1 Å². The third-order valence-corrected chi connectivity index (χ3v) is 5.28. The number of aromatic carboxylic acids is 1. The van der Waals surface area contributed by atoms with Gasteiger partial charge in [0.1, 0.15) is 10.7 Å². The van der Waals surface area contributed by atoms with Crippen LogP contribution < -0.4 is 5.56 Å². The largest absolute Gasteiger partial charge is 0.478 e. The molecule has 158 valence electrons. The summed E-state index contributed by atoms with van der Waals surface area (Å²) in [5.74, 6) is -2.75. The van der Waals surface area contributed by atoms with Crippen LogP contribution in [0.15, 0.2) is 59.4 Å². The van der Waals surface area contributed by atoms with Crippen molar-refractivity contribution in [2.45, 2.75) is 19.9 Å². The minimum absolute atomic E-state index is 0.0215. The zero-order chi connectivity index (χ0) is 22.7. The lowest BCUT2D eigenvalue weighted by molar-refractivity contribution is 0.0696. The van der Waals surface area contributed by atoms with Crippen molar-refractivity contribution in [3.63, 3.8) is 0 Å². The first kappa shape index (κ1) is 22.5. The number of halogens is 2. The summed E-state index contributed by atoms with van der Waals surface area (Å²) in [6.45, 7) is 1.82. The van der Waals surface area contributed by atoms with Gasteiger partial charge < -0.3 is 9.67 Å². The third-order valence-electron chi connectivity index (χ3n) is 4.73. The number of benzene rings is 2. The van der Waals surface area contributed by atoms with Crippen LogP contribution in [0.2, 0.25) is 10.0 Å². The van der Waals surface area contributed by atoms with Crippen LogP contribution in [-0.4, -0.2) is 27.2 Å². The van der Waals surface area contributed by atoms with E-state index in [4.69, 9.17) is 28.3 Å². The molecule has 1 heterocycles. The van der Waals surface area contributed by atoms with E-state index in [-0.39, 0.29) is 39.8 Å². The number of nitrogens with zero attached hydrogens (tertiary/aromatic N) is 1. The van der Waals surface area contributed by atoms with E-state index in [1.54, 1.807) is 37.3 Å². The van der Waals surface area contributed by atoms with Crippen molar-refractivity contribution in [1.82, 2.24) is 4.57 Å². The Bertz CT molecular complexity index is 1250. The van der Waals surface area contributed by atoms with E-state index in [0.717, 1.165) is 21.8 Å². The van der Waals surface area contributed by atoms with Crippen LogP contribution >= 0.6 is 23.2 Å². The standard InChI is InChI=1S/C23H17Cl2NO5/c1-13-3-2-4-16(11-13)20(27)21(28)19-17(24)12-18(25)22(29)26(19)10-9-14-5-7-15(8-6-14)23(30)31/h2-8,11-12H,9-10H2,1H3,(H,30,31). The van der Waals surface area contributed by atoms with Crippen LogP contribution in [0.25, 0.3) is 0 Å². The molecule has 0 aliphatic rings. The van der Waals surface area contributed by atoms with Gasteiger partial charge in [-0.15, -0.1) is 0 Å². The number of carbonyl (C=O) groups excluding carboxylic acids is 2. The Labute approximate surface area is 187 Å². The minimum atomic E-state index is -1.05. The van der Waals surface area contributed by atoms with Gasteiger partial charge in [0.05, 0.1) is 10.6 Å². The molecule has 0 unspecified atom stereocenters. The van der Waals surface area contributed by atoms with Crippen LogP contribution in [-0.2, 0) is 13.0 Å². The molecule has 3 rings (SSSR count). The molecule has 0 spiro atoms. The van der Waals surface area contributed by atoms with Crippen LogP contribution in [0.5, 0.6) is 0 Å². The van der Waals surface area contributed by atoms with Crippen molar-refractivity contribution in [2.75, 3.05) is 0 Å². The fourth-order valence-corrected chi connectivity index (χ4v) is 3.69. The maximum Gasteiger partial charge on any atom is 0.335 e. The van der Waals surface area contributed by atoms with Gasteiger partial charge in [-0.25, -0.2) is 4.79 Å². The third kappa shape index (κ3) is 4.93. The topological polar surface area (TPSA) is 93.4 Å². The van der Waals surface area contributed by atoms with Crippen molar-refractivity contribution in [1.29, 1.82) is 0 Å². The molecular formula is C23H17Cl2NO5. The number of aryl methyl sites for hydroxylation is 2. The van der Waals surface area contributed by atoms with Crippen molar-refractivity contribution in [2.24, 2.45) is 0 Å². The zero-order valence-electron chi connectivity index (χ0n) is 16.4. The molecule has 31 heavy (non-hydrogen) atoms. The minimum Gasteiger partial charge on any atom is -0.478 e. The fraction of sp³-hybridized carbons (Fsp3) is 0.130. The number of Topliss-reactive ketones (excluding diaryl/α,β-unsaturated/α-hetero) is 2. The van der Waals surface area contributed by atoms with Gasteiger partial charge in [-0.05, 0) is 43.2 Å². The number of ketones is 2. The molecule has 0 fully saturated rings. The molecule has 0 amide bonds. The number of carboxylic acid groups (broad SMARTS) is 1. The Morgan fingerprint density at radius 3 is 2.19 bits per heavy atom. The predicted octanol–water partition coefficient (Wildman–Crippen LogP) is 4.47. The molecule has 0 saturated carbocycles. The summed E-state index contributed by atoms with van der Waals surface area (Å²) in [5, 5.41) is 8.72. The number of hydrogen-bond donors (Lipinski definition) is 1. The quantitative estimate of drug-likeness (QED) is 0.417. The molecule has 0 aliphatic heterocycles. The molecule has 2 aromatic carbocycles. The molecule has 0 saturated heterocycles. The molecule has 3 aromatic rings. The van der Waals surface area contributed by atoms with E-state index >= 15 is 0 Å². The first-order valence-electron chi connectivity index (χ1n) is 9.26.